The van der Waals surface area contributed by atoms with Crippen LogP contribution >= 0.6 is 0 Å². The summed E-state index contributed by atoms with van der Waals surface area (Å²) in [4.78, 5) is 12.0. The van der Waals surface area contributed by atoms with Gasteiger partial charge in [-0.05, 0) is 11.6 Å². The van der Waals surface area contributed by atoms with E-state index in [4.69, 9.17) is 5.73 Å². The van der Waals surface area contributed by atoms with E-state index in [9.17, 15) is 18.7 Å². The first kappa shape index (κ1) is 14.9. The summed E-state index contributed by atoms with van der Waals surface area (Å²) in [7, 11) is 0. The van der Waals surface area contributed by atoms with Crippen molar-refractivity contribution in [2.75, 3.05) is 12.3 Å². The second kappa shape index (κ2) is 6.32. The molecule has 2 aromatic carbocycles. The molecule has 2 rings (SSSR count). The van der Waals surface area contributed by atoms with Crippen molar-refractivity contribution in [1.29, 1.82) is 0 Å². The third kappa shape index (κ3) is 3.35. The van der Waals surface area contributed by atoms with Gasteiger partial charge in [-0.1, -0.05) is 30.3 Å². The summed E-state index contributed by atoms with van der Waals surface area (Å²) < 4.78 is 26.7. The van der Waals surface area contributed by atoms with Crippen LogP contribution in [-0.4, -0.2) is 17.6 Å². The predicted octanol–water partition coefficient (Wildman–Crippen LogP) is 2.01. The summed E-state index contributed by atoms with van der Waals surface area (Å²) >= 11 is 0. The Morgan fingerprint density at radius 2 is 1.86 bits per heavy atom. The van der Waals surface area contributed by atoms with Gasteiger partial charge in [-0.2, -0.15) is 0 Å². The van der Waals surface area contributed by atoms with Crippen molar-refractivity contribution in [1.82, 2.24) is 5.32 Å². The van der Waals surface area contributed by atoms with Crippen molar-refractivity contribution in [3.63, 3.8) is 0 Å². The number of halogens is 2. The van der Waals surface area contributed by atoms with Gasteiger partial charge in [0.05, 0.1) is 23.9 Å². The Morgan fingerprint density at radius 3 is 2.48 bits per heavy atom. The van der Waals surface area contributed by atoms with Gasteiger partial charge in [0.25, 0.3) is 5.91 Å². The van der Waals surface area contributed by atoms with E-state index < -0.39 is 23.6 Å². The summed E-state index contributed by atoms with van der Waals surface area (Å²) in [5.41, 5.74) is 5.31. The Bertz CT molecular complexity index is 648. The number of hydrogen-bond acceptors (Lipinski definition) is 3. The van der Waals surface area contributed by atoms with Gasteiger partial charge in [-0.25, -0.2) is 8.78 Å². The average molecular weight is 292 g/mol. The molecule has 0 aliphatic carbocycles. The molecule has 0 spiro atoms. The van der Waals surface area contributed by atoms with E-state index in [2.05, 4.69) is 5.32 Å². The summed E-state index contributed by atoms with van der Waals surface area (Å²) in [6.45, 7) is -0.353. The summed E-state index contributed by atoms with van der Waals surface area (Å²) in [6.07, 6.45) is 0. The molecule has 0 saturated carbocycles. The lowest BCUT2D eigenvalue weighted by Crippen LogP contribution is -2.31. The van der Waals surface area contributed by atoms with Gasteiger partial charge in [-0.3, -0.25) is 4.79 Å². The fourth-order valence-corrected chi connectivity index (χ4v) is 1.90. The topological polar surface area (TPSA) is 75.4 Å². The number of carbonyl (C=O) groups is 1. The van der Waals surface area contributed by atoms with Crippen LogP contribution in [-0.2, 0) is 0 Å². The third-order valence-electron chi connectivity index (χ3n) is 3.02. The number of aliphatic hydroxyl groups excluding tert-OH is 1. The molecule has 0 aliphatic heterocycles. The molecule has 0 bridgehead atoms. The molecule has 0 aliphatic rings. The minimum absolute atomic E-state index is 0.318. The van der Waals surface area contributed by atoms with Gasteiger partial charge in [-0.15, -0.1) is 0 Å². The number of nitrogen functional groups attached to an aromatic ring is 1. The van der Waals surface area contributed by atoms with E-state index in [0.29, 0.717) is 11.6 Å². The molecule has 0 radical (unpaired) electrons. The van der Waals surface area contributed by atoms with Gasteiger partial charge in [0.1, 0.15) is 11.6 Å². The number of hydrogen-bond donors (Lipinski definition) is 3. The monoisotopic (exact) mass is 292 g/mol. The highest BCUT2D eigenvalue weighted by Gasteiger charge is 2.19. The maximum Gasteiger partial charge on any atom is 0.254 e. The van der Waals surface area contributed by atoms with Gasteiger partial charge in [0.15, 0.2) is 0 Å². The van der Waals surface area contributed by atoms with Crippen molar-refractivity contribution >= 4 is 11.6 Å². The molecule has 6 heteroatoms. The molecule has 1 atom stereocenters. The first-order valence-electron chi connectivity index (χ1n) is 6.24. The van der Waals surface area contributed by atoms with Crippen LogP contribution in [0, 0.1) is 11.6 Å². The Labute approximate surface area is 120 Å². The Morgan fingerprint density at radius 1 is 1.19 bits per heavy atom. The number of carbonyl (C=O) groups excluding carboxylic acids is 1. The van der Waals surface area contributed by atoms with E-state index in [0.717, 1.165) is 6.07 Å². The molecule has 1 amide bonds. The fourth-order valence-electron chi connectivity index (χ4n) is 1.90. The molecule has 4 nitrogen and oxygen atoms in total. The smallest absolute Gasteiger partial charge is 0.254 e. The van der Waals surface area contributed by atoms with Crippen LogP contribution in [0.25, 0.3) is 0 Å². The standard InChI is InChI=1S/C15H14F2N2O2/c16-11-7-12(17)13(18)6-10(11)15(21)19-14(8-20)9-4-2-1-3-5-9/h1-7,14,20H,8,18H2,(H,19,21). The third-order valence-corrected chi connectivity index (χ3v) is 3.02. The Hall–Kier alpha value is -2.47. The Kier molecular flexibility index (Phi) is 4.49. The lowest BCUT2D eigenvalue weighted by Gasteiger charge is -2.17. The zero-order valence-electron chi connectivity index (χ0n) is 11.0. The highest BCUT2D eigenvalue weighted by molar-refractivity contribution is 5.95. The van der Waals surface area contributed by atoms with Gasteiger partial charge in [0, 0.05) is 6.07 Å². The number of nitrogens with two attached hydrogens (primary N) is 1. The predicted molar refractivity (Wildman–Crippen MR) is 74.5 cm³/mol. The summed E-state index contributed by atoms with van der Waals surface area (Å²) in [6, 6.07) is 9.53. The van der Waals surface area contributed by atoms with E-state index >= 15 is 0 Å². The first-order chi connectivity index (χ1) is 10.0. The van der Waals surface area contributed by atoms with Gasteiger partial charge < -0.3 is 16.2 Å². The maximum absolute atomic E-state index is 13.6. The van der Waals surface area contributed by atoms with Crippen LogP contribution < -0.4 is 11.1 Å². The second-order valence-electron chi connectivity index (χ2n) is 4.47. The highest BCUT2D eigenvalue weighted by Crippen LogP contribution is 2.18. The number of benzene rings is 2. The molecule has 1 unspecified atom stereocenters. The number of nitrogens with one attached hydrogen (secondary N) is 1. The summed E-state index contributed by atoms with van der Waals surface area (Å²) in [5, 5.41) is 11.8. The zero-order chi connectivity index (χ0) is 15.4. The first-order valence-corrected chi connectivity index (χ1v) is 6.24. The normalized spacial score (nSPS) is 12.0. The zero-order valence-corrected chi connectivity index (χ0v) is 11.0. The molecular formula is C15H14F2N2O2. The van der Waals surface area contributed by atoms with E-state index in [1.54, 1.807) is 30.3 Å². The minimum atomic E-state index is -1.01. The molecule has 2 aromatic rings. The largest absolute Gasteiger partial charge is 0.396 e. The maximum atomic E-state index is 13.6. The van der Waals surface area contributed by atoms with E-state index in [-0.39, 0.29) is 17.9 Å². The van der Waals surface area contributed by atoms with E-state index in [1.165, 1.54) is 0 Å². The second-order valence-corrected chi connectivity index (χ2v) is 4.47. The molecule has 4 N–H and O–H groups in total. The molecule has 0 saturated heterocycles. The molecule has 21 heavy (non-hydrogen) atoms. The lowest BCUT2D eigenvalue weighted by molar-refractivity contribution is 0.0912. The number of anilines is 1. The van der Waals surface area contributed by atoms with Gasteiger partial charge >= 0.3 is 0 Å². The van der Waals surface area contributed by atoms with Crippen LogP contribution in [0.15, 0.2) is 42.5 Å². The van der Waals surface area contributed by atoms with Crippen LogP contribution in [0.1, 0.15) is 22.0 Å². The molecular weight excluding hydrogens is 278 g/mol. The average Bonchev–Trinajstić information content (AvgIpc) is 2.49. The van der Waals surface area contributed by atoms with Gasteiger partial charge in [0.2, 0.25) is 0 Å². The van der Waals surface area contributed by atoms with Crippen molar-refractivity contribution in [3.8, 4) is 0 Å². The molecule has 0 aromatic heterocycles. The van der Waals surface area contributed by atoms with Crippen molar-refractivity contribution < 1.29 is 18.7 Å². The highest BCUT2D eigenvalue weighted by atomic mass is 19.1. The van der Waals surface area contributed by atoms with Crippen LogP contribution in [0.3, 0.4) is 0 Å². The van der Waals surface area contributed by atoms with E-state index in [1.807, 2.05) is 0 Å². The van der Waals surface area contributed by atoms with Crippen LogP contribution in [0.2, 0.25) is 0 Å². The van der Waals surface area contributed by atoms with Crippen molar-refractivity contribution in [3.05, 3.63) is 65.2 Å². The quantitative estimate of drug-likeness (QED) is 0.755. The molecule has 0 fully saturated rings. The molecule has 0 heterocycles. The number of rotatable bonds is 4. The number of amides is 1. The van der Waals surface area contributed by atoms with Crippen molar-refractivity contribution in [2.24, 2.45) is 0 Å². The lowest BCUT2D eigenvalue weighted by atomic mass is 10.1. The minimum Gasteiger partial charge on any atom is -0.396 e. The summed E-state index contributed by atoms with van der Waals surface area (Å²) in [5.74, 6) is -2.71. The number of aliphatic hydroxyl groups is 1. The van der Waals surface area contributed by atoms with Crippen LogP contribution in [0.4, 0.5) is 14.5 Å². The SMILES string of the molecule is Nc1cc(C(=O)NC(CO)c2ccccc2)c(F)cc1F. The van der Waals surface area contributed by atoms with Crippen LogP contribution in [0.5, 0.6) is 0 Å². The Balaban J connectivity index is 2.23. The van der Waals surface area contributed by atoms with Crippen molar-refractivity contribution in [2.45, 2.75) is 6.04 Å². The fraction of sp³-hybridized carbons (Fsp3) is 0.133. The molecule has 110 valence electrons.